The van der Waals surface area contributed by atoms with Gasteiger partial charge in [-0.3, -0.25) is 0 Å². The molecule has 90 valence electrons. The maximum absolute atomic E-state index is 14.9. The molecule has 1 atom stereocenters. The molecule has 2 heteroatoms. The Bertz CT molecular complexity index is 201. The van der Waals surface area contributed by atoms with Crippen LogP contribution in [0.5, 0.6) is 0 Å². The van der Waals surface area contributed by atoms with Crippen molar-refractivity contribution in [2.45, 2.75) is 59.0 Å². The van der Waals surface area contributed by atoms with Crippen LogP contribution in [-0.2, 0) is 0 Å². The summed E-state index contributed by atoms with van der Waals surface area (Å²) in [5.41, 5.74) is 4.16. The summed E-state index contributed by atoms with van der Waals surface area (Å²) in [6, 6.07) is 0. The first-order valence-electron chi connectivity index (χ1n) is 6.20. The zero-order chi connectivity index (χ0) is 11.7. The van der Waals surface area contributed by atoms with Gasteiger partial charge in [0.25, 0.3) is 0 Å². The third-order valence-electron chi connectivity index (χ3n) is 4.21. The first-order valence-corrected chi connectivity index (χ1v) is 6.20. The molecule has 0 amide bonds. The van der Waals surface area contributed by atoms with Crippen molar-refractivity contribution in [1.82, 2.24) is 0 Å². The summed E-state index contributed by atoms with van der Waals surface area (Å²) in [5, 5.41) is 0. The lowest BCUT2D eigenvalue weighted by molar-refractivity contribution is -0.0383. The topological polar surface area (TPSA) is 26.0 Å². The molecule has 1 aliphatic carbocycles. The Kier molecular flexibility index (Phi) is 3.80. The van der Waals surface area contributed by atoms with Crippen LogP contribution in [0.1, 0.15) is 53.4 Å². The van der Waals surface area contributed by atoms with Gasteiger partial charge in [0.05, 0.1) is 0 Å². The van der Waals surface area contributed by atoms with Crippen LogP contribution in [0.3, 0.4) is 0 Å². The van der Waals surface area contributed by atoms with Gasteiger partial charge in [-0.25, -0.2) is 4.39 Å². The Labute approximate surface area is 93.6 Å². The zero-order valence-electron chi connectivity index (χ0n) is 10.6. The molecule has 2 N–H and O–H groups in total. The second-order valence-corrected chi connectivity index (χ2v) is 6.27. The minimum atomic E-state index is -1.19. The maximum atomic E-state index is 14.9. The third-order valence-corrected chi connectivity index (χ3v) is 4.21. The van der Waals surface area contributed by atoms with E-state index in [0.717, 1.165) is 31.6 Å². The van der Waals surface area contributed by atoms with Gasteiger partial charge in [0.15, 0.2) is 0 Å². The fourth-order valence-corrected chi connectivity index (χ4v) is 2.80. The first-order chi connectivity index (χ1) is 6.81. The Morgan fingerprint density at radius 3 is 1.93 bits per heavy atom. The van der Waals surface area contributed by atoms with E-state index in [9.17, 15) is 4.39 Å². The lowest BCUT2D eigenvalue weighted by Crippen LogP contribution is -2.51. The van der Waals surface area contributed by atoms with E-state index in [1.165, 1.54) is 0 Å². The second kappa shape index (κ2) is 4.40. The van der Waals surface area contributed by atoms with Crippen molar-refractivity contribution >= 4 is 0 Å². The summed E-state index contributed by atoms with van der Waals surface area (Å²) in [4.78, 5) is 0. The van der Waals surface area contributed by atoms with E-state index in [-0.39, 0.29) is 17.9 Å². The van der Waals surface area contributed by atoms with Crippen LogP contribution >= 0.6 is 0 Å². The SMILES string of the molecule is CC1CCC(C(F)(CN)C(C)(C)C)CC1. The number of nitrogens with two attached hydrogens (primary N) is 1. The molecule has 0 aromatic carbocycles. The maximum Gasteiger partial charge on any atom is 0.130 e. The van der Waals surface area contributed by atoms with Gasteiger partial charge in [0.1, 0.15) is 5.67 Å². The van der Waals surface area contributed by atoms with E-state index in [1.54, 1.807) is 0 Å². The van der Waals surface area contributed by atoms with Crippen molar-refractivity contribution in [1.29, 1.82) is 0 Å². The van der Waals surface area contributed by atoms with Crippen molar-refractivity contribution in [3.63, 3.8) is 0 Å². The Hall–Kier alpha value is -0.110. The minimum Gasteiger partial charge on any atom is -0.327 e. The molecule has 0 bridgehead atoms. The van der Waals surface area contributed by atoms with Crippen LogP contribution in [-0.4, -0.2) is 12.2 Å². The van der Waals surface area contributed by atoms with E-state index in [2.05, 4.69) is 6.92 Å². The van der Waals surface area contributed by atoms with E-state index >= 15 is 0 Å². The van der Waals surface area contributed by atoms with Gasteiger partial charge in [0.2, 0.25) is 0 Å². The molecule has 0 spiro atoms. The van der Waals surface area contributed by atoms with Gasteiger partial charge in [-0.1, -0.05) is 40.5 Å². The summed E-state index contributed by atoms with van der Waals surface area (Å²) in [5.74, 6) is 0.932. The van der Waals surface area contributed by atoms with Crippen LogP contribution in [0.15, 0.2) is 0 Å². The summed E-state index contributed by atoms with van der Waals surface area (Å²) < 4.78 is 14.9. The molecular weight excluding hydrogens is 189 g/mol. The van der Waals surface area contributed by atoms with E-state index in [0.29, 0.717) is 0 Å². The molecule has 1 saturated carbocycles. The number of alkyl halides is 1. The molecular formula is C13H26FN. The van der Waals surface area contributed by atoms with Gasteiger partial charge < -0.3 is 5.73 Å². The lowest BCUT2D eigenvalue weighted by Gasteiger charge is -2.45. The minimum absolute atomic E-state index is 0.162. The highest BCUT2D eigenvalue weighted by atomic mass is 19.1. The Balaban J connectivity index is 2.74. The molecule has 0 aromatic rings. The Morgan fingerprint density at radius 1 is 1.13 bits per heavy atom. The van der Waals surface area contributed by atoms with Crippen LogP contribution in [0.2, 0.25) is 0 Å². The van der Waals surface area contributed by atoms with Gasteiger partial charge in [-0.05, 0) is 30.1 Å². The summed E-state index contributed by atoms with van der Waals surface area (Å²) in [6.07, 6.45) is 4.33. The van der Waals surface area contributed by atoms with Gasteiger partial charge >= 0.3 is 0 Å². The number of rotatable bonds is 2. The molecule has 0 heterocycles. The second-order valence-electron chi connectivity index (χ2n) is 6.27. The number of hydrogen-bond acceptors (Lipinski definition) is 1. The first kappa shape index (κ1) is 13.0. The van der Waals surface area contributed by atoms with Crippen molar-refractivity contribution < 1.29 is 4.39 Å². The molecule has 15 heavy (non-hydrogen) atoms. The van der Waals surface area contributed by atoms with Crippen LogP contribution in [0, 0.1) is 17.3 Å². The van der Waals surface area contributed by atoms with E-state index in [4.69, 9.17) is 5.73 Å². The van der Waals surface area contributed by atoms with E-state index in [1.807, 2.05) is 20.8 Å². The smallest absolute Gasteiger partial charge is 0.130 e. The van der Waals surface area contributed by atoms with Gasteiger partial charge in [-0.15, -0.1) is 0 Å². The average molecular weight is 215 g/mol. The monoisotopic (exact) mass is 215 g/mol. The number of halogens is 1. The highest BCUT2D eigenvalue weighted by molar-refractivity contribution is 4.98. The highest BCUT2D eigenvalue weighted by Gasteiger charge is 2.48. The standard InChI is InChI=1S/C13H26FN/c1-10-5-7-11(8-6-10)13(14,9-15)12(2,3)4/h10-11H,5-9,15H2,1-4H3. The normalized spacial score (nSPS) is 32.4. The van der Waals surface area contributed by atoms with E-state index < -0.39 is 5.67 Å². The molecule has 1 rings (SSSR count). The van der Waals surface area contributed by atoms with Crippen molar-refractivity contribution in [2.75, 3.05) is 6.54 Å². The fraction of sp³-hybridized carbons (Fsp3) is 1.00. The summed E-state index contributed by atoms with van der Waals surface area (Å²) in [6.45, 7) is 8.33. The van der Waals surface area contributed by atoms with Crippen molar-refractivity contribution in [3.8, 4) is 0 Å². The Morgan fingerprint density at radius 2 is 1.60 bits per heavy atom. The molecule has 0 saturated heterocycles. The molecule has 1 unspecified atom stereocenters. The van der Waals surface area contributed by atoms with Crippen LogP contribution in [0.4, 0.5) is 4.39 Å². The predicted octanol–water partition coefficient (Wildman–Crippen LogP) is 3.53. The molecule has 0 aliphatic heterocycles. The summed E-state index contributed by atoms with van der Waals surface area (Å²) in [7, 11) is 0. The van der Waals surface area contributed by atoms with Gasteiger partial charge in [0, 0.05) is 6.54 Å². The molecule has 1 nitrogen and oxygen atoms in total. The molecule has 1 fully saturated rings. The largest absolute Gasteiger partial charge is 0.327 e. The fourth-order valence-electron chi connectivity index (χ4n) is 2.80. The highest BCUT2D eigenvalue weighted by Crippen LogP contribution is 2.46. The predicted molar refractivity (Wildman–Crippen MR) is 63.5 cm³/mol. The van der Waals surface area contributed by atoms with Gasteiger partial charge in [-0.2, -0.15) is 0 Å². The van der Waals surface area contributed by atoms with Crippen molar-refractivity contribution in [2.24, 2.45) is 23.0 Å². The van der Waals surface area contributed by atoms with Crippen LogP contribution < -0.4 is 5.73 Å². The molecule has 0 radical (unpaired) electrons. The third kappa shape index (κ3) is 2.52. The average Bonchev–Trinajstić information content (AvgIpc) is 2.16. The quantitative estimate of drug-likeness (QED) is 0.749. The number of hydrogen-bond donors (Lipinski definition) is 1. The molecule has 0 aromatic heterocycles. The van der Waals surface area contributed by atoms with Crippen molar-refractivity contribution in [3.05, 3.63) is 0 Å². The van der Waals surface area contributed by atoms with Crippen LogP contribution in [0.25, 0.3) is 0 Å². The molecule has 1 aliphatic rings. The summed E-state index contributed by atoms with van der Waals surface area (Å²) >= 11 is 0. The zero-order valence-corrected chi connectivity index (χ0v) is 10.6. The lowest BCUT2D eigenvalue weighted by atomic mass is 9.65.